The number of hydrogen-bond acceptors (Lipinski definition) is 6. The Labute approximate surface area is 262 Å². The van der Waals surface area contributed by atoms with Crippen molar-refractivity contribution in [1.82, 2.24) is 29.9 Å². The summed E-state index contributed by atoms with van der Waals surface area (Å²) in [4.78, 5) is 25.2. The summed E-state index contributed by atoms with van der Waals surface area (Å²) >= 11 is 0. The van der Waals surface area contributed by atoms with E-state index in [1.54, 1.807) is 37.2 Å². The Morgan fingerprint density at radius 3 is 0.814 bits per heavy atom. The first kappa shape index (κ1) is 31.6. The Morgan fingerprint density at radius 2 is 0.628 bits per heavy atom. The van der Waals surface area contributed by atoms with Crippen LogP contribution in [-0.4, -0.2) is 29.9 Å². The smallest absolute Gasteiger partial charge is 0.255 e. The molecule has 7 heteroatoms. The van der Waals surface area contributed by atoms with E-state index in [9.17, 15) is 0 Å². The second-order valence-corrected chi connectivity index (χ2v) is 8.37. The zero-order valence-corrected chi connectivity index (χ0v) is 23.9. The summed E-state index contributed by atoms with van der Waals surface area (Å²) in [6.45, 7) is 0. The van der Waals surface area contributed by atoms with Gasteiger partial charge in [0.05, 0.1) is 34.2 Å². The van der Waals surface area contributed by atoms with Crippen molar-refractivity contribution in [3.63, 3.8) is 0 Å². The SMILES string of the molecule is C#Cc1ccc(-c2ccccn2)nc1.C#Cc1ccc(-c2ccccn2)nc1.C#Cc1ccc(-c2ccccn2)nc1.[Co+3]. The van der Waals surface area contributed by atoms with Gasteiger partial charge >= 0.3 is 16.8 Å². The van der Waals surface area contributed by atoms with Crippen molar-refractivity contribution in [2.24, 2.45) is 0 Å². The zero-order chi connectivity index (χ0) is 29.4. The van der Waals surface area contributed by atoms with Gasteiger partial charge < -0.3 is 0 Å². The largest absolute Gasteiger partial charge is 3.00 e. The summed E-state index contributed by atoms with van der Waals surface area (Å²) in [6, 6.07) is 28.3. The second kappa shape index (κ2) is 17.0. The molecule has 0 fully saturated rings. The van der Waals surface area contributed by atoms with E-state index in [-0.39, 0.29) is 16.8 Å². The van der Waals surface area contributed by atoms with Gasteiger partial charge in [0.2, 0.25) is 0 Å². The van der Waals surface area contributed by atoms with E-state index in [0.717, 1.165) is 50.9 Å². The van der Waals surface area contributed by atoms with Gasteiger partial charge in [-0.25, -0.2) is 0 Å². The van der Waals surface area contributed by atoms with E-state index in [1.165, 1.54) is 0 Å². The molecule has 6 heterocycles. The number of terminal acetylenes is 3. The van der Waals surface area contributed by atoms with Crippen molar-refractivity contribution in [3.8, 4) is 71.2 Å². The third-order valence-corrected chi connectivity index (χ3v) is 5.57. The predicted molar refractivity (Wildman–Crippen MR) is 166 cm³/mol. The van der Waals surface area contributed by atoms with Gasteiger partial charge in [-0.2, -0.15) is 0 Å². The van der Waals surface area contributed by atoms with Gasteiger partial charge in [0.25, 0.3) is 0 Å². The van der Waals surface area contributed by atoms with E-state index < -0.39 is 0 Å². The molecule has 0 N–H and O–H groups in total. The van der Waals surface area contributed by atoms with Crippen LogP contribution >= 0.6 is 0 Å². The number of hydrogen-bond donors (Lipinski definition) is 0. The van der Waals surface area contributed by atoms with Crippen LogP contribution in [0.5, 0.6) is 0 Å². The van der Waals surface area contributed by atoms with Crippen LogP contribution in [0, 0.1) is 37.0 Å². The summed E-state index contributed by atoms with van der Waals surface area (Å²) in [7, 11) is 0. The quantitative estimate of drug-likeness (QED) is 0.220. The Hall–Kier alpha value is -5.91. The van der Waals surface area contributed by atoms with Crippen LogP contribution in [0.3, 0.4) is 0 Å². The Balaban J connectivity index is 0.000000175. The first-order valence-corrected chi connectivity index (χ1v) is 12.7. The summed E-state index contributed by atoms with van der Waals surface area (Å²) in [5.74, 6) is 7.57. The number of aromatic nitrogens is 6. The van der Waals surface area contributed by atoms with E-state index in [0.29, 0.717) is 0 Å². The van der Waals surface area contributed by atoms with Crippen LogP contribution < -0.4 is 0 Å². The van der Waals surface area contributed by atoms with Crippen LogP contribution in [0.25, 0.3) is 34.2 Å². The molecule has 0 aliphatic heterocycles. The van der Waals surface area contributed by atoms with Crippen molar-refractivity contribution >= 4 is 0 Å². The van der Waals surface area contributed by atoms with Gasteiger partial charge in [0.1, 0.15) is 0 Å². The van der Waals surface area contributed by atoms with Gasteiger partial charge in [-0.1, -0.05) is 36.0 Å². The fourth-order valence-corrected chi connectivity index (χ4v) is 3.44. The fourth-order valence-electron chi connectivity index (χ4n) is 3.44. The van der Waals surface area contributed by atoms with Gasteiger partial charge in [0.15, 0.2) is 0 Å². The molecule has 0 atom stereocenters. The maximum atomic E-state index is 5.23. The molecule has 0 radical (unpaired) electrons. The molecule has 0 saturated heterocycles. The predicted octanol–water partition coefficient (Wildman–Crippen LogP) is 6.37. The first-order valence-electron chi connectivity index (χ1n) is 12.7. The van der Waals surface area contributed by atoms with E-state index in [2.05, 4.69) is 47.7 Å². The summed E-state index contributed by atoms with van der Waals surface area (Å²) in [5.41, 5.74) is 7.43. The molecule has 0 unspecified atom stereocenters. The summed E-state index contributed by atoms with van der Waals surface area (Å²) in [6.07, 6.45) is 25.9. The molecule has 0 bridgehead atoms. The normalized spacial score (nSPS) is 9.14. The van der Waals surface area contributed by atoms with E-state index >= 15 is 0 Å². The third kappa shape index (κ3) is 9.60. The summed E-state index contributed by atoms with van der Waals surface area (Å²) < 4.78 is 0. The van der Waals surface area contributed by atoms with Gasteiger partial charge in [-0.3, -0.25) is 29.9 Å². The van der Waals surface area contributed by atoms with E-state index in [1.807, 2.05) is 91.0 Å². The third-order valence-electron chi connectivity index (χ3n) is 5.57. The maximum Gasteiger partial charge on any atom is 3.00 e. The molecule has 0 aromatic carbocycles. The molecule has 0 spiro atoms. The second-order valence-electron chi connectivity index (χ2n) is 8.37. The van der Waals surface area contributed by atoms with Crippen LogP contribution in [0.4, 0.5) is 0 Å². The molecule has 0 amide bonds. The first-order chi connectivity index (χ1) is 20.7. The van der Waals surface area contributed by atoms with Crippen LogP contribution in [-0.2, 0) is 16.8 Å². The number of nitrogens with zero attached hydrogens (tertiary/aromatic N) is 6. The van der Waals surface area contributed by atoms with Crippen molar-refractivity contribution in [2.45, 2.75) is 0 Å². The molecular weight excluding hydrogens is 575 g/mol. The monoisotopic (exact) mass is 599 g/mol. The summed E-state index contributed by atoms with van der Waals surface area (Å²) in [5, 5.41) is 0. The molecule has 6 aromatic heterocycles. The van der Waals surface area contributed by atoms with Gasteiger partial charge in [0, 0.05) is 53.9 Å². The fraction of sp³-hybridized carbons (Fsp3) is 0. The molecule has 6 nitrogen and oxygen atoms in total. The molecule has 0 aliphatic carbocycles. The molecule has 6 rings (SSSR count). The topological polar surface area (TPSA) is 77.3 Å². The molecule has 204 valence electrons. The standard InChI is InChI=1S/3C12H8N2.Co/c3*1-2-10-6-7-12(14-9-10)11-5-3-4-8-13-11;/h3*1,3-9H;/q;;;+3. The number of pyridine rings is 6. The van der Waals surface area contributed by atoms with Crippen LogP contribution in [0.1, 0.15) is 16.7 Å². The molecule has 0 aliphatic rings. The average molecular weight is 600 g/mol. The maximum absolute atomic E-state index is 5.23. The minimum atomic E-state index is 0. The van der Waals surface area contributed by atoms with Crippen molar-refractivity contribution in [3.05, 3.63) is 145 Å². The van der Waals surface area contributed by atoms with Crippen LogP contribution in [0.15, 0.2) is 128 Å². The van der Waals surface area contributed by atoms with E-state index in [4.69, 9.17) is 19.3 Å². The average Bonchev–Trinajstić information content (AvgIpc) is 3.10. The Kier molecular flexibility index (Phi) is 12.5. The molecule has 6 aromatic rings. The zero-order valence-electron chi connectivity index (χ0n) is 22.9. The van der Waals surface area contributed by atoms with Crippen molar-refractivity contribution < 1.29 is 16.8 Å². The minimum absolute atomic E-state index is 0. The van der Waals surface area contributed by atoms with Crippen molar-refractivity contribution in [2.75, 3.05) is 0 Å². The number of rotatable bonds is 3. The molecule has 43 heavy (non-hydrogen) atoms. The van der Waals surface area contributed by atoms with Crippen LogP contribution in [0.2, 0.25) is 0 Å². The van der Waals surface area contributed by atoms with Crippen molar-refractivity contribution in [1.29, 1.82) is 0 Å². The molecule has 0 saturated carbocycles. The minimum Gasteiger partial charge on any atom is -0.255 e. The van der Waals surface area contributed by atoms with Gasteiger partial charge in [-0.05, 0) is 72.8 Å². The molecular formula is C36H24CoN6+3. The Bertz CT molecular complexity index is 1580. The Morgan fingerprint density at radius 1 is 0.349 bits per heavy atom. The van der Waals surface area contributed by atoms with Gasteiger partial charge in [-0.15, -0.1) is 19.3 Å².